The van der Waals surface area contributed by atoms with Gasteiger partial charge in [0.1, 0.15) is 11.3 Å². The molecular weight excluding hydrogens is 435 g/mol. The van der Waals surface area contributed by atoms with E-state index in [0.717, 1.165) is 0 Å². The Morgan fingerprint density at radius 2 is 1.97 bits per heavy atom. The molecular formula is C23H19FN2O5S. The molecule has 7 nitrogen and oxygen atoms in total. The summed E-state index contributed by atoms with van der Waals surface area (Å²) in [5.41, 5.74) is 1.62. The maximum absolute atomic E-state index is 15.0. The van der Waals surface area contributed by atoms with E-state index in [-0.39, 0.29) is 24.3 Å². The van der Waals surface area contributed by atoms with Crippen molar-refractivity contribution in [2.24, 2.45) is 0 Å². The number of nitrogens with zero attached hydrogens (tertiary/aromatic N) is 2. The lowest BCUT2D eigenvalue weighted by Gasteiger charge is -2.29. The minimum Gasteiger partial charge on any atom is -0.486 e. The van der Waals surface area contributed by atoms with Crippen molar-refractivity contribution < 1.29 is 23.1 Å². The zero-order valence-electron chi connectivity index (χ0n) is 17.3. The van der Waals surface area contributed by atoms with Crippen molar-refractivity contribution >= 4 is 39.1 Å². The van der Waals surface area contributed by atoms with E-state index in [4.69, 9.17) is 13.9 Å². The number of rotatable bonds is 2. The summed E-state index contributed by atoms with van der Waals surface area (Å²) in [5, 5.41) is 1.77. The molecule has 0 unspecified atom stereocenters. The van der Waals surface area contributed by atoms with Gasteiger partial charge in [0.25, 0.3) is 0 Å². The molecule has 0 radical (unpaired) electrons. The van der Waals surface area contributed by atoms with E-state index in [1.54, 1.807) is 18.4 Å². The molecule has 2 aliphatic heterocycles. The van der Waals surface area contributed by atoms with Gasteiger partial charge in [0.2, 0.25) is 5.43 Å². The molecule has 0 aliphatic carbocycles. The lowest BCUT2D eigenvalue weighted by Crippen LogP contribution is -2.37. The lowest BCUT2D eigenvalue weighted by molar-refractivity contribution is -0.113. The molecule has 164 valence electrons. The first-order valence-electron chi connectivity index (χ1n) is 10.2. The van der Waals surface area contributed by atoms with Crippen LogP contribution in [-0.4, -0.2) is 45.4 Å². The van der Waals surface area contributed by atoms with Crippen LogP contribution in [0.5, 0.6) is 5.75 Å². The molecule has 3 aromatic rings. The SMILES string of the molecule is CC#CC(=O)N1CCOc2c(F)cc(-c3csc4c(=O)cc(N5CCOCC5)oc34)cc21. The molecule has 2 aliphatic rings. The summed E-state index contributed by atoms with van der Waals surface area (Å²) >= 11 is 1.24. The first-order valence-corrected chi connectivity index (χ1v) is 11.0. The summed E-state index contributed by atoms with van der Waals surface area (Å²) < 4.78 is 32.4. The van der Waals surface area contributed by atoms with E-state index in [9.17, 15) is 14.0 Å². The molecule has 1 amide bonds. The summed E-state index contributed by atoms with van der Waals surface area (Å²) in [6.45, 7) is 4.37. The number of morpholine rings is 1. The highest BCUT2D eigenvalue weighted by Crippen LogP contribution is 2.41. The van der Waals surface area contributed by atoms with Crippen LogP contribution in [-0.2, 0) is 9.53 Å². The number of carbonyl (C=O) groups excluding carboxylic acids is 1. The molecule has 4 heterocycles. The fourth-order valence-electron chi connectivity index (χ4n) is 3.89. The van der Waals surface area contributed by atoms with Crippen LogP contribution in [0.4, 0.5) is 16.0 Å². The number of anilines is 2. The molecule has 0 bridgehead atoms. The number of hydrogen-bond donors (Lipinski definition) is 0. The minimum atomic E-state index is -0.592. The average Bonchev–Trinajstić information content (AvgIpc) is 3.24. The van der Waals surface area contributed by atoms with Crippen molar-refractivity contribution in [1.29, 1.82) is 0 Å². The van der Waals surface area contributed by atoms with Gasteiger partial charge in [-0.3, -0.25) is 14.5 Å². The topological polar surface area (TPSA) is 72.2 Å². The fourth-order valence-corrected chi connectivity index (χ4v) is 4.80. The van der Waals surface area contributed by atoms with Gasteiger partial charge in [-0.2, -0.15) is 0 Å². The third-order valence-corrected chi connectivity index (χ3v) is 6.39. The monoisotopic (exact) mass is 454 g/mol. The predicted octanol–water partition coefficient (Wildman–Crippen LogP) is 3.25. The van der Waals surface area contributed by atoms with Crippen molar-refractivity contribution in [2.75, 3.05) is 49.3 Å². The summed E-state index contributed by atoms with van der Waals surface area (Å²) in [6, 6.07) is 4.50. The third kappa shape index (κ3) is 3.51. The van der Waals surface area contributed by atoms with Crippen LogP contribution in [0.2, 0.25) is 0 Å². The Kier molecular flexibility index (Phi) is 5.33. The van der Waals surface area contributed by atoms with Gasteiger partial charge < -0.3 is 18.8 Å². The van der Waals surface area contributed by atoms with Gasteiger partial charge in [-0.05, 0) is 30.5 Å². The van der Waals surface area contributed by atoms with Crippen molar-refractivity contribution in [3.05, 3.63) is 39.6 Å². The van der Waals surface area contributed by atoms with Gasteiger partial charge in [0.15, 0.2) is 23.0 Å². The van der Waals surface area contributed by atoms with Crippen LogP contribution >= 0.6 is 11.3 Å². The van der Waals surface area contributed by atoms with E-state index >= 15 is 0 Å². The minimum absolute atomic E-state index is 0.0150. The Morgan fingerprint density at radius 1 is 1.16 bits per heavy atom. The maximum Gasteiger partial charge on any atom is 0.303 e. The van der Waals surface area contributed by atoms with Crippen LogP contribution in [0, 0.1) is 17.7 Å². The predicted molar refractivity (Wildman–Crippen MR) is 120 cm³/mol. The molecule has 0 N–H and O–H groups in total. The van der Waals surface area contributed by atoms with Crippen molar-refractivity contribution in [3.63, 3.8) is 0 Å². The number of halogens is 1. The van der Waals surface area contributed by atoms with Crippen molar-refractivity contribution in [1.82, 2.24) is 0 Å². The summed E-state index contributed by atoms with van der Waals surface area (Å²) in [5.74, 6) is 4.54. The Morgan fingerprint density at radius 3 is 2.75 bits per heavy atom. The largest absolute Gasteiger partial charge is 0.486 e. The Labute approximate surface area is 186 Å². The number of benzene rings is 1. The van der Waals surface area contributed by atoms with Crippen LogP contribution < -0.4 is 20.0 Å². The van der Waals surface area contributed by atoms with Gasteiger partial charge in [-0.15, -0.1) is 11.3 Å². The standard InChI is InChI=1S/C23H19FN2O5S/c1-2-3-19(28)26-6-9-30-22-16(24)10-14(11-17(22)26)15-13-32-23-18(27)12-20(31-21(15)23)25-4-7-29-8-5-25/h10-13H,4-9H2,1H3. The van der Waals surface area contributed by atoms with Gasteiger partial charge in [-0.1, -0.05) is 5.92 Å². The van der Waals surface area contributed by atoms with E-state index in [0.29, 0.717) is 59.3 Å². The first-order chi connectivity index (χ1) is 15.6. The number of thiophene rings is 1. The number of amides is 1. The maximum atomic E-state index is 15.0. The summed E-state index contributed by atoms with van der Waals surface area (Å²) in [4.78, 5) is 28.5. The van der Waals surface area contributed by atoms with Crippen LogP contribution in [0.3, 0.4) is 0 Å². The molecule has 5 rings (SSSR count). The van der Waals surface area contributed by atoms with E-state index in [1.807, 2.05) is 4.90 Å². The Bertz CT molecular complexity index is 1330. The van der Waals surface area contributed by atoms with Crippen molar-refractivity contribution in [2.45, 2.75) is 6.92 Å². The fraction of sp³-hybridized carbons (Fsp3) is 0.304. The number of hydrogen-bond acceptors (Lipinski definition) is 7. The Hall–Kier alpha value is -3.35. The molecule has 0 spiro atoms. The second-order valence-electron chi connectivity index (χ2n) is 7.34. The van der Waals surface area contributed by atoms with Crippen molar-refractivity contribution in [3.8, 4) is 28.7 Å². The van der Waals surface area contributed by atoms with Gasteiger partial charge in [0.05, 0.1) is 25.4 Å². The number of carbonyl (C=O) groups is 1. The summed E-state index contributed by atoms with van der Waals surface area (Å²) in [6.07, 6.45) is 0. The molecule has 0 atom stereocenters. The number of ether oxygens (including phenoxy) is 2. The van der Waals surface area contributed by atoms with Crippen LogP contribution in [0.25, 0.3) is 21.4 Å². The van der Waals surface area contributed by atoms with E-state index in [1.165, 1.54) is 28.4 Å². The van der Waals surface area contributed by atoms with Gasteiger partial charge in [0, 0.05) is 30.1 Å². The highest BCUT2D eigenvalue weighted by Gasteiger charge is 2.27. The van der Waals surface area contributed by atoms with E-state index in [2.05, 4.69) is 11.8 Å². The average molecular weight is 454 g/mol. The molecule has 0 saturated carbocycles. The zero-order valence-corrected chi connectivity index (χ0v) is 18.1. The van der Waals surface area contributed by atoms with Gasteiger partial charge in [-0.25, -0.2) is 4.39 Å². The second-order valence-corrected chi connectivity index (χ2v) is 8.22. The highest BCUT2D eigenvalue weighted by atomic mass is 32.1. The first kappa shape index (κ1) is 20.5. The molecule has 1 saturated heterocycles. The normalized spacial score (nSPS) is 15.7. The van der Waals surface area contributed by atoms with Crippen LogP contribution in [0.15, 0.2) is 32.8 Å². The lowest BCUT2D eigenvalue weighted by atomic mass is 10.0. The Balaban J connectivity index is 1.64. The van der Waals surface area contributed by atoms with E-state index < -0.39 is 11.7 Å². The molecule has 9 heteroatoms. The molecule has 1 aromatic carbocycles. The van der Waals surface area contributed by atoms with Gasteiger partial charge >= 0.3 is 5.91 Å². The third-order valence-electron chi connectivity index (χ3n) is 5.42. The number of fused-ring (bicyclic) bond motifs is 2. The highest BCUT2D eigenvalue weighted by molar-refractivity contribution is 7.17. The quantitative estimate of drug-likeness (QED) is 0.554. The molecule has 2 aromatic heterocycles. The second kappa shape index (κ2) is 8.30. The smallest absolute Gasteiger partial charge is 0.303 e. The zero-order chi connectivity index (χ0) is 22.2. The van der Waals surface area contributed by atoms with Crippen LogP contribution in [0.1, 0.15) is 6.92 Å². The molecule has 32 heavy (non-hydrogen) atoms. The summed E-state index contributed by atoms with van der Waals surface area (Å²) in [7, 11) is 0. The molecule has 1 fully saturated rings.